The van der Waals surface area contributed by atoms with E-state index in [1.165, 1.54) is 24.4 Å². The topological polar surface area (TPSA) is 75.7 Å². The summed E-state index contributed by atoms with van der Waals surface area (Å²) in [6.45, 7) is 2.06. The van der Waals surface area contributed by atoms with E-state index in [0.29, 0.717) is 5.84 Å². The normalized spacial score (nSPS) is 17.3. The molecule has 0 bridgehead atoms. The van der Waals surface area contributed by atoms with Crippen molar-refractivity contribution >= 4 is 29.1 Å². The molecular formula is C10H16N4S2. The van der Waals surface area contributed by atoms with Gasteiger partial charge in [-0.15, -0.1) is 0 Å². The second kappa shape index (κ2) is 4.71. The number of hydrogen-bond acceptors (Lipinski definition) is 5. The molecule has 0 aromatic carbocycles. The highest BCUT2D eigenvalue weighted by molar-refractivity contribution is 8.00. The first-order chi connectivity index (χ1) is 7.63. The predicted octanol–water partition coefficient (Wildman–Crippen LogP) is 2.30. The summed E-state index contributed by atoms with van der Waals surface area (Å²) in [5.74, 6) is 2.26. The lowest BCUT2D eigenvalue weighted by molar-refractivity contribution is 0.612. The highest BCUT2D eigenvalue weighted by Crippen LogP contribution is 2.51. The van der Waals surface area contributed by atoms with E-state index in [1.807, 2.05) is 0 Å². The largest absolute Gasteiger partial charge is 0.388 e. The first-order valence-electron chi connectivity index (χ1n) is 5.42. The third-order valence-corrected chi connectivity index (χ3v) is 5.01. The minimum Gasteiger partial charge on any atom is -0.388 e. The lowest BCUT2D eigenvalue weighted by Gasteiger charge is -2.11. The highest BCUT2D eigenvalue weighted by Gasteiger charge is 2.43. The lowest BCUT2D eigenvalue weighted by Crippen LogP contribution is -2.18. The van der Waals surface area contributed by atoms with Crippen LogP contribution in [0.2, 0.25) is 0 Å². The maximum absolute atomic E-state index is 7.35. The van der Waals surface area contributed by atoms with E-state index in [4.69, 9.17) is 11.1 Å². The molecule has 0 aliphatic heterocycles. The van der Waals surface area contributed by atoms with Crippen molar-refractivity contribution in [2.45, 2.75) is 36.9 Å². The highest BCUT2D eigenvalue weighted by atomic mass is 32.2. The van der Waals surface area contributed by atoms with E-state index in [1.54, 1.807) is 11.8 Å². The molecule has 16 heavy (non-hydrogen) atoms. The Bertz CT molecular complexity index is 384. The average Bonchev–Trinajstić information content (AvgIpc) is 2.83. The number of hydrogen-bond donors (Lipinski definition) is 2. The number of aromatic nitrogens is 2. The van der Waals surface area contributed by atoms with Crippen LogP contribution in [0.5, 0.6) is 0 Å². The fraction of sp³-hybridized carbons (Fsp3) is 0.700. The summed E-state index contributed by atoms with van der Waals surface area (Å²) >= 11 is 3.24. The molecule has 0 radical (unpaired) electrons. The van der Waals surface area contributed by atoms with Crippen LogP contribution in [0.3, 0.4) is 0 Å². The van der Waals surface area contributed by atoms with Gasteiger partial charge in [-0.3, -0.25) is 5.41 Å². The summed E-state index contributed by atoms with van der Waals surface area (Å²) in [5, 5.41) is 7.35. The van der Waals surface area contributed by atoms with E-state index >= 15 is 0 Å². The Labute approximate surface area is 104 Å². The van der Waals surface area contributed by atoms with Crippen LogP contribution in [0, 0.1) is 10.8 Å². The van der Waals surface area contributed by atoms with Crippen molar-refractivity contribution in [1.82, 2.24) is 9.36 Å². The number of thioether (sulfide) groups is 1. The van der Waals surface area contributed by atoms with E-state index in [9.17, 15) is 0 Å². The van der Waals surface area contributed by atoms with Gasteiger partial charge in [0, 0.05) is 18.6 Å². The Morgan fingerprint density at radius 1 is 1.62 bits per heavy atom. The van der Waals surface area contributed by atoms with Crippen molar-refractivity contribution in [2.75, 3.05) is 5.75 Å². The summed E-state index contributed by atoms with van der Waals surface area (Å²) in [4.78, 5) is 4.42. The van der Waals surface area contributed by atoms with Crippen LogP contribution in [-0.2, 0) is 6.42 Å². The number of nitrogens with one attached hydrogen (secondary N) is 1. The van der Waals surface area contributed by atoms with Crippen molar-refractivity contribution in [2.24, 2.45) is 11.1 Å². The van der Waals surface area contributed by atoms with Crippen molar-refractivity contribution in [3.63, 3.8) is 0 Å². The number of aryl methyl sites for hydroxylation is 1. The Kier molecular flexibility index (Phi) is 3.49. The van der Waals surface area contributed by atoms with Gasteiger partial charge < -0.3 is 5.73 Å². The molecule has 1 aliphatic rings. The minimum atomic E-state index is 0.286. The lowest BCUT2D eigenvalue weighted by atomic mass is 10.1. The molecule has 1 fully saturated rings. The second-order valence-electron chi connectivity index (χ2n) is 4.32. The van der Waals surface area contributed by atoms with E-state index < -0.39 is 0 Å². The Balaban J connectivity index is 1.85. The monoisotopic (exact) mass is 256 g/mol. The number of nitrogens with zero attached hydrogens (tertiary/aromatic N) is 2. The van der Waals surface area contributed by atoms with Crippen molar-refractivity contribution in [3.05, 3.63) is 5.82 Å². The van der Waals surface area contributed by atoms with Gasteiger partial charge in [0.05, 0.1) is 5.84 Å². The Morgan fingerprint density at radius 3 is 2.88 bits per heavy atom. The summed E-state index contributed by atoms with van der Waals surface area (Å²) in [6.07, 6.45) is 4.02. The first kappa shape index (κ1) is 11.9. The Morgan fingerprint density at radius 2 is 2.38 bits per heavy atom. The molecule has 1 aromatic heterocycles. The SMILES string of the molecule is CCc1nsc(SCC2(CC(=N)N)CC2)n1. The number of nitrogens with two attached hydrogens (primary N) is 1. The van der Waals surface area contributed by atoms with E-state index in [0.717, 1.165) is 28.8 Å². The van der Waals surface area contributed by atoms with Gasteiger partial charge in [0.15, 0.2) is 4.34 Å². The molecule has 4 nitrogen and oxygen atoms in total. The minimum absolute atomic E-state index is 0.286. The zero-order valence-corrected chi connectivity index (χ0v) is 11.0. The van der Waals surface area contributed by atoms with Crippen LogP contribution in [-0.4, -0.2) is 20.9 Å². The van der Waals surface area contributed by atoms with Crippen LogP contribution in [0.4, 0.5) is 0 Å². The van der Waals surface area contributed by atoms with Crippen molar-refractivity contribution in [3.8, 4) is 0 Å². The summed E-state index contributed by atoms with van der Waals surface area (Å²) < 4.78 is 5.31. The van der Waals surface area contributed by atoms with Gasteiger partial charge in [0.2, 0.25) is 0 Å². The van der Waals surface area contributed by atoms with Gasteiger partial charge in [-0.1, -0.05) is 18.7 Å². The molecule has 0 atom stereocenters. The maximum atomic E-state index is 7.35. The van der Waals surface area contributed by atoms with Gasteiger partial charge in [-0.05, 0) is 29.8 Å². The smallest absolute Gasteiger partial charge is 0.170 e. The number of rotatable bonds is 6. The second-order valence-corrected chi connectivity index (χ2v) is 6.30. The van der Waals surface area contributed by atoms with Gasteiger partial charge in [0.25, 0.3) is 0 Å². The molecule has 88 valence electrons. The molecule has 0 amide bonds. The summed E-state index contributed by atoms with van der Waals surface area (Å²) in [5.41, 5.74) is 5.75. The molecule has 0 spiro atoms. The fourth-order valence-electron chi connectivity index (χ4n) is 1.61. The van der Waals surface area contributed by atoms with E-state index in [2.05, 4.69) is 16.3 Å². The molecule has 1 aliphatic carbocycles. The fourth-order valence-corrected chi connectivity index (χ4v) is 3.60. The van der Waals surface area contributed by atoms with Gasteiger partial charge in [-0.2, -0.15) is 4.37 Å². The Hall–Kier alpha value is -0.620. The molecule has 3 N–H and O–H groups in total. The molecule has 0 saturated heterocycles. The van der Waals surface area contributed by atoms with Crippen LogP contribution in [0.25, 0.3) is 0 Å². The van der Waals surface area contributed by atoms with Crippen LogP contribution < -0.4 is 5.73 Å². The molecule has 1 saturated carbocycles. The first-order valence-corrected chi connectivity index (χ1v) is 7.18. The average molecular weight is 256 g/mol. The van der Waals surface area contributed by atoms with Gasteiger partial charge in [0.1, 0.15) is 5.82 Å². The molecule has 6 heteroatoms. The maximum Gasteiger partial charge on any atom is 0.170 e. The van der Waals surface area contributed by atoms with Crippen LogP contribution in [0.1, 0.15) is 32.0 Å². The quantitative estimate of drug-likeness (QED) is 0.465. The molecule has 1 aromatic rings. The van der Waals surface area contributed by atoms with Gasteiger partial charge in [-0.25, -0.2) is 4.98 Å². The van der Waals surface area contributed by atoms with Gasteiger partial charge >= 0.3 is 0 Å². The molecular weight excluding hydrogens is 240 g/mol. The third-order valence-electron chi connectivity index (χ3n) is 2.79. The summed E-state index contributed by atoms with van der Waals surface area (Å²) in [6, 6.07) is 0. The summed E-state index contributed by atoms with van der Waals surface area (Å²) in [7, 11) is 0. The van der Waals surface area contributed by atoms with E-state index in [-0.39, 0.29) is 5.41 Å². The van der Waals surface area contributed by atoms with Crippen molar-refractivity contribution < 1.29 is 0 Å². The predicted molar refractivity (Wildman–Crippen MR) is 68.2 cm³/mol. The molecule has 0 unspecified atom stereocenters. The third kappa shape index (κ3) is 2.95. The van der Waals surface area contributed by atoms with Crippen LogP contribution >= 0.6 is 23.3 Å². The van der Waals surface area contributed by atoms with Crippen LogP contribution in [0.15, 0.2) is 4.34 Å². The molecule has 1 heterocycles. The zero-order valence-electron chi connectivity index (χ0n) is 9.32. The van der Waals surface area contributed by atoms with Crippen molar-refractivity contribution in [1.29, 1.82) is 5.41 Å². The number of amidine groups is 1. The standard InChI is InChI=1S/C10H16N4S2/c1-2-8-13-9(16-14-8)15-6-10(3-4-10)5-7(11)12/h2-6H2,1H3,(H3,11,12). The zero-order chi connectivity index (χ0) is 11.6. The molecule has 2 rings (SSSR count).